The van der Waals surface area contributed by atoms with E-state index < -0.39 is 17.6 Å². The molecule has 0 aliphatic carbocycles. The summed E-state index contributed by atoms with van der Waals surface area (Å²) in [6.07, 6.45) is -4.56. The Labute approximate surface area is 173 Å². The van der Waals surface area contributed by atoms with Crippen LogP contribution in [-0.2, 0) is 11.0 Å². The zero-order valence-corrected chi connectivity index (χ0v) is 16.8. The minimum atomic E-state index is -4.56. The average molecular weight is 431 g/mol. The number of hydrogen-bond acceptors (Lipinski definition) is 5. The largest absolute Gasteiger partial charge is 0.418 e. The highest BCUT2D eigenvalue weighted by molar-refractivity contribution is 7.99. The summed E-state index contributed by atoms with van der Waals surface area (Å²) < 4.78 is 39.9. The summed E-state index contributed by atoms with van der Waals surface area (Å²) in [5, 5.41) is 11.7. The third-order valence-electron chi connectivity index (χ3n) is 4.51. The van der Waals surface area contributed by atoms with Crippen molar-refractivity contribution < 1.29 is 18.0 Å². The highest BCUT2D eigenvalue weighted by Crippen LogP contribution is 2.37. The number of nitrogens with one attached hydrogen (secondary N) is 2. The van der Waals surface area contributed by atoms with E-state index in [4.69, 9.17) is 0 Å². The molecular weight excluding hydrogens is 415 g/mol. The predicted molar refractivity (Wildman–Crippen MR) is 109 cm³/mol. The Kier molecular flexibility index (Phi) is 5.10. The van der Waals surface area contributed by atoms with Crippen LogP contribution in [-0.4, -0.2) is 31.8 Å². The monoisotopic (exact) mass is 431 g/mol. The number of aromatic nitrogens is 4. The van der Waals surface area contributed by atoms with E-state index in [0.29, 0.717) is 11.2 Å². The van der Waals surface area contributed by atoms with Crippen molar-refractivity contribution in [3.63, 3.8) is 0 Å². The molecule has 30 heavy (non-hydrogen) atoms. The zero-order valence-electron chi connectivity index (χ0n) is 16.0. The first-order valence-electron chi connectivity index (χ1n) is 8.94. The maximum absolute atomic E-state index is 13.3. The molecule has 0 bridgehead atoms. The van der Waals surface area contributed by atoms with Gasteiger partial charge in [-0.1, -0.05) is 35.5 Å². The molecule has 0 saturated heterocycles. The van der Waals surface area contributed by atoms with Crippen molar-refractivity contribution in [2.75, 3.05) is 11.1 Å². The second-order valence-corrected chi connectivity index (χ2v) is 7.74. The third kappa shape index (κ3) is 3.95. The van der Waals surface area contributed by atoms with Gasteiger partial charge in [-0.05, 0) is 37.6 Å². The Morgan fingerprint density at radius 3 is 2.73 bits per heavy atom. The second-order valence-electron chi connectivity index (χ2n) is 6.80. The van der Waals surface area contributed by atoms with Crippen molar-refractivity contribution in [1.82, 2.24) is 20.2 Å². The Morgan fingerprint density at radius 2 is 1.97 bits per heavy atom. The molecule has 4 rings (SSSR count). The summed E-state index contributed by atoms with van der Waals surface area (Å²) in [6.45, 7) is 3.32. The van der Waals surface area contributed by atoms with Gasteiger partial charge in [-0.2, -0.15) is 13.2 Å². The van der Waals surface area contributed by atoms with E-state index in [-0.39, 0.29) is 22.2 Å². The number of anilines is 1. The standard InChI is InChI=1S/C20H16F3N5OS/c1-10-6-7-13-12(8-10)17-18(25-13)26-19(28-27-17)30-9-15(29)24-14-5-3-4-11(2)16(14)20(21,22)23/h3-8H,9H2,1-2H3,(H,24,29)(H,25,26,28). The number of hydrogen-bond donors (Lipinski definition) is 2. The quantitative estimate of drug-likeness (QED) is 0.451. The molecule has 2 N–H and O–H groups in total. The fraction of sp³-hybridized carbons (Fsp3) is 0.200. The fourth-order valence-corrected chi connectivity index (χ4v) is 3.78. The molecule has 0 saturated carbocycles. The van der Waals surface area contributed by atoms with E-state index in [1.807, 2.05) is 25.1 Å². The Hall–Kier alpha value is -3.14. The van der Waals surface area contributed by atoms with Crippen LogP contribution in [0.2, 0.25) is 0 Å². The lowest BCUT2D eigenvalue weighted by molar-refractivity contribution is -0.137. The number of amides is 1. The van der Waals surface area contributed by atoms with E-state index in [0.717, 1.165) is 28.2 Å². The maximum atomic E-state index is 13.3. The van der Waals surface area contributed by atoms with Crippen LogP contribution in [0.5, 0.6) is 0 Å². The normalized spacial score (nSPS) is 11.9. The number of alkyl halides is 3. The van der Waals surface area contributed by atoms with Crippen LogP contribution in [0, 0.1) is 13.8 Å². The van der Waals surface area contributed by atoms with Crippen LogP contribution in [0.3, 0.4) is 0 Å². The first kappa shape index (κ1) is 20.1. The van der Waals surface area contributed by atoms with Crippen molar-refractivity contribution in [2.45, 2.75) is 25.2 Å². The van der Waals surface area contributed by atoms with Gasteiger partial charge in [0.15, 0.2) is 5.65 Å². The average Bonchev–Trinajstić information content (AvgIpc) is 3.02. The summed E-state index contributed by atoms with van der Waals surface area (Å²) in [5.41, 5.74) is 2.03. The molecule has 0 aliphatic heterocycles. The molecule has 0 aliphatic rings. The van der Waals surface area contributed by atoms with Crippen LogP contribution in [0.4, 0.5) is 18.9 Å². The van der Waals surface area contributed by atoms with Crippen molar-refractivity contribution in [3.05, 3.63) is 53.1 Å². The van der Waals surface area contributed by atoms with Gasteiger partial charge in [-0.3, -0.25) is 4.79 Å². The lowest BCUT2D eigenvalue weighted by atomic mass is 10.1. The first-order valence-corrected chi connectivity index (χ1v) is 9.93. The van der Waals surface area contributed by atoms with Gasteiger partial charge in [0.2, 0.25) is 11.1 Å². The molecule has 0 radical (unpaired) electrons. The zero-order chi connectivity index (χ0) is 21.5. The molecular formula is C20H16F3N5OS. The van der Waals surface area contributed by atoms with Gasteiger partial charge in [-0.15, -0.1) is 10.2 Å². The lowest BCUT2D eigenvalue weighted by Crippen LogP contribution is -2.19. The molecule has 0 atom stereocenters. The molecule has 0 spiro atoms. The number of fused-ring (bicyclic) bond motifs is 3. The van der Waals surface area contributed by atoms with Crippen LogP contribution >= 0.6 is 11.8 Å². The van der Waals surface area contributed by atoms with E-state index >= 15 is 0 Å². The molecule has 0 unspecified atom stereocenters. The number of thioether (sulfide) groups is 1. The number of H-pyrrole nitrogens is 1. The highest BCUT2D eigenvalue weighted by atomic mass is 32.2. The molecule has 2 heterocycles. The van der Waals surface area contributed by atoms with Gasteiger partial charge >= 0.3 is 6.18 Å². The van der Waals surface area contributed by atoms with Crippen LogP contribution in [0.15, 0.2) is 41.6 Å². The number of carbonyl (C=O) groups is 1. The summed E-state index contributed by atoms with van der Waals surface area (Å²) in [7, 11) is 0. The topological polar surface area (TPSA) is 83.6 Å². The van der Waals surface area contributed by atoms with Gasteiger partial charge in [0, 0.05) is 10.9 Å². The van der Waals surface area contributed by atoms with Crippen molar-refractivity contribution in [2.24, 2.45) is 0 Å². The number of nitrogens with zero attached hydrogens (tertiary/aromatic N) is 3. The maximum Gasteiger partial charge on any atom is 0.418 e. The number of halogens is 3. The number of benzene rings is 2. The Bertz CT molecular complexity index is 1270. The van der Waals surface area contributed by atoms with Crippen LogP contribution < -0.4 is 5.32 Å². The molecule has 154 valence electrons. The van der Waals surface area contributed by atoms with Gasteiger partial charge < -0.3 is 10.3 Å². The molecule has 2 aromatic heterocycles. The van der Waals surface area contributed by atoms with Gasteiger partial charge in [0.05, 0.1) is 17.0 Å². The van der Waals surface area contributed by atoms with Crippen LogP contribution in [0.25, 0.3) is 22.1 Å². The summed E-state index contributed by atoms with van der Waals surface area (Å²) in [5.74, 6) is -0.746. The Morgan fingerprint density at radius 1 is 1.17 bits per heavy atom. The van der Waals surface area contributed by atoms with E-state index in [1.165, 1.54) is 25.1 Å². The minimum absolute atomic E-state index is 0.0417. The Balaban J connectivity index is 1.50. The summed E-state index contributed by atoms with van der Waals surface area (Å²) >= 11 is 0.995. The van der Waals surface area contributed by atoms with Crippen molar-refractivity contribution >= 4 is 45.4 Å². The number of aromatic amines is 1. The molecule has 10 heteroatoms. The lowest BCUT2D eigenvalue weighted by Gasteiger charge is -2.16. The molecule has 4 aromatic rings. The molecule has 6 nitrogen and oxygen atoms in total. The molecule has 2 aromatic carbocycles. The van der Waals surface area contributed by atoms with Gasteiger partial charge in [-0.25, -0.2) is 4.98 Å². The first-order chi connectivity index (χ1) is 14.2. The minimum Gasteiger partial charge on any atom is -0.338 e. The second kappa shape index (κ2) is 7.60. The van der Waals surface area contributed by atoms with Crippen molar-refractivity contribution in [3.8, 4) is 0 Å². The number of carbonyl (C=O) groups excluding carboxylic acids is 1. The smallest absolute Gasteiger partial charge is 0.338 e. The van der Waals surface area contributed by atoms with Gasteiger partial charge in [0.1, 0.15) is 5.52 Å². The predicted octanol–water partition coefficient (Wildman–Crippen LogP) is 4.87. The van der Waals surface area contributed by atoms with Crippen LogP contribution in [0.1, 0.15) is 16.7 Å². The van der Waals surface area contributed by atoms with E-state index in [9.17, 15) is 18.0 Å². The fourth-order valence-electron chi connectivity index (χ4n) is 3.20. The molecule has 1 amide bonds. The SMILES string of the molecule is Cc1ccc2[nH]c3nc(SCC(=O)Nc4cccc(C)c4C(F)(F)F)nnc3c2c1. The van der Waals surface area contributed by atoms with E-state index in [1.54, 1.807) is 0 Å². The summed E-state index contributed by atoms with van der Waals surface area (Å²) in [4.78, 5) is 19.8. The number of aryl methyl sites for hydroxylation is 2. The van der Waals surface area contributed by atoms with E-state index in [2.05, 4.69) is 25.5 Å². The third-order valence-corrected chi connectivity index (χ3v) is 5.35. The number of rotatable bonds is 4. The summed E-state index contributed by atoms with van der Waals surface area (Å²) in [6, 6.07) is 9.91. The van der Waals surface area contributed by atoms with Gasteiger partial charge in [0.25, 0.3) is 0 Å². The van der Waals surface area contributed by atoms with Crippen molar-refractivity contribution in [1.29, 1.82) is 0 Å². The molecule has 0 fully saturated rings. The highest BCUT2D eigenvalue weighted by Gasteiger charge is 2.35.